The van der Waals surface area contributed by atoms with E-state index in [0.29, 0.717) is 33.6 Å². The molecule has 0 aliphatic heterocycles. The number of carbonyl (C=O) groups excluding carboxylic acids is 3. The van der Waals surface area contributed by atoms with Crippen molar-refractivity contribution >= 4 is 51.8 Å². The zero-order chi connectivity index (χ0) is 26.7. The SMILES string of the molecule is CC(C)NC1CCC(C(=O)Nc2c(C(=O)Nc3ccc(Cl)cn3)oc3ccc(C(=O)N(C)C)cc23)CC1. The van der Waals surface area contributed by atoms with Crippen LogP contribution in [-0.4, -0.2) is 53.8 Å². The van der Waals surface area contributed by atoms with Gasteiger partial charge in [-0.15, -0.1) is 0 Å². The molecular weight excluding hydrogens is 494 g/mol. The molecule has 3 aromatic rings. The molecule has 0 bridgehead atoms. The molecule has 2 heterocycles. The van der Waals surface area contributed by atoms with Crippen molar-refractivity contribution in [1.29, 1.82) is 0 Å². The monoisotopic (exact) mass is 525 g/mol. The molecule has 1 saturated carbocycles. The summed E-state index contributed by atoms with van der Waals surface area (Å²) in [7, 11) is 3.32. The molecule has 10 heteroatoms. The fourth-order valence-electron chi connectivity index (χ4n) is 4.61. The summed E-state index contributed by atoms with van der Waals surface area (Å²) in [6.45, 7) is 4.23. The number of pyridine rings is 1. The van der Waals surface area contributed by atoms with Crippen LogP contribution in [0.3, 0.4) is 0 Å². The van der Waals surface area contributed by atoms with Gasteiger partial charge in [0.25, 0.3) is 11.8 Å². The molecule has 1 fully saturated rings. The van der Waals surface area contributed by atoms with E-state index in [1.807, 2.05) is 0 Å². The number of halogens is 1. The summed E-state index contributed by atoms with van der Waals surface area (Å²) in [5.74, 6) is -0.917. The number of nitrogens with zero attached hydrogens (tertiary/aromatic N) is 2. The van der Waals surface area contributed by atoms with Gasteiger partial charge in [-0.25, -0.2) is 4.98 Å². The van der Waals surface area contributed by atoms with Gasteiger partial charge in [0, 0.05) is 49.2 Å². The third-order valence-electron chi connectivity index (χ3n) is 6.43. The van der Waals surface area contributed by atoms with Gasteiger partial charge in [-0.2, -0.15) is 0 Å². The molecule has 0 spiro atoms. The van der Waals surface area contributed by atoms with Gasteiger partial charge in [-0.3, -0.25) is 14.4 Å². The van der Waals surface area contributed by atoms with E-state index in [9.17, 15) is 14.4 Å². The molecule has 0 radical (unpaired) electrons. The number of fused-ring (bicyclic) bond motifs is 1. The Bertz CT molecular complexity index is 1290. The van der Waals surface area contributed by atoms with Crippen molar-refractivity contribution in [2.45, 2.75) is 51.6 Å². The van der Waals surface area contributed by atoms with Crippen LogP contribution in [0.5, 0.6) is 0 Å². The Balaban J connectivity index is 1.63. The van der Waals surface area contributed by atoms with Crippen LogP contribution in [-0.2, 0) is 4.79 Å². The maximum atomic E-state index is 13.3. The smallest absolute Gasteiger partial charge is 0.294 e. The first-order chi connectivity index (χ1) is 17.6. The first kappa shape index (κ1) is 26.6. The second-order valence-corrected chi connectivity index (χ2v) is 10.3. The molecule has 4 rings (SSSR count). The van der Waals surface area contributed by atoms with Crippen molar-refractivity contribution < 1.29 is 18.8 Å². The van der Waals surface area contributed by atoms with E-state index >= 15 is 0 Å². The van der Waals surface area contributed by atoms with Crippen molar-refractivity contribution in [1.82, 2.24) is 15.2 Å². The maximum absolute atomic E-state index is 13.3. The van der Waals surface area contributed by atoms with E-state index < -0.39 is 5.91 Å². The molecule has 1 aromatic carbocycles. The lowest BCUT2D eigenvalue weighted by Gasteiger charge is -2.29. The maximum Gasteiger partial charge on any atom is 0.294 e. The Morgan fingerprint density at radius 1 is 1.05 bits per heavy atom. The highest BCUT2D eigenvalue weighted by Gasteiger charge is 2.30. The molecule has 1 aliphatic rings. The minimum absolute atomic E-state index is 0.0651. The van der Waals surface area contributed by atoms with Crippen molar-refractivity contribution in [2.24, 2.45) is 5.92 Å². The van der Waals surface area contributed by atoms with Crippen LogP contribution in [0.2, 0.25) is 5.02 Å². The topological polar surface area (TPSA) is 117 Å². The van der Waals surface area contributed by atoms with E-state index in [4.69, 9.17) is 16.0 Å². The quantitative estimate of drug-likeness (QED) is 0.402. The second-order valence-electron chi connectivity index (χ2n) is 9.89. The number of carbonyl (C=O) groups is 3. The molecule has 0 saturated heterocycles. The van der Waals surface area contributed by atoms with Crippen molar-refractivity contribution in [3.63, 3.8) is 0 Å². The number of benzene rings is 1. The van der Waals surface area contributed by atoms with Gasteiger partial charge in [0.2, 0.25) is 11.7 Å². The van der Waals surface area contributed by atoms with E-state index in [-0.39, 0.29) is 35.0 Å². The third-order valence-corrected chi connectivity index (χ3v) is 6.66. The molecule has 37 heavy (non-hydrogen) atoms. The summed E-state index contributed by atoms with van der Waals surface area (Å²) in [5.41, 5.74) is 1.03. The van der Waals surface area contributed by atoms with Gasteiger partial charge in [0.1, 0.15) is 17.1 Å². The predicted octanol–water partition coefficient (Wildman–Crippen LogP) is 4.93. The summed E-state index contributed by atoms with van der Waals surface area (Å²) >= 11 is 5.89. The number of anilines is 2. The first-order valence-corrected chi connectivity index (χ1v) is 12.8. The lowest BCUT2D eigenvalue weighted by Crippen LogP contribution is -2.39. The minimum Gasteiger partial charge on any atom is -0.449 e. The largest absolute Gasteiger partial charge is 0.449 e. The van der Waals surface area contributed by atoms with Gasteiger partial charge in [0.05, 0.1) is 5.02 Å². The number of nitrogens with one attached hydrogen (secondary N) is 3. The van der Waals surface area contributed by atoms with E-state index in [1.54, 1.807) is 44.4 Å². The van der Waals surface area contributed by atoms with Crippen LogP contribution >= 0.6 is 11.6 Å². The molecule has 3 amide bonds. The molecule has 9 nitrogen and oxygen atoms in total. The van der Waals surface area contributed by atoms with E-state index in [0.717, 1.165) is 25.7 Å². The summed E-state index contributed by atoms with van der Waals surface area (Å²) in [5, 5.41) is 10.1. The van der Waals surface area contributed by atoms with Gasteiger partial charge in [0.15, 0.2) is 0 Å². The van der Waals surface area contributed by atoms with Crippen LogP contribution in [0.25, 0.3) is 11.0 Å². The van der Waals surface area contributed by atoms with Crippen LogP contribution in [0.15, 0.2) is 40.9 Å². The average Bonchev–Trinajstić information content (AvgIpc) is 3.22. The van der Waals surface area contributed by atoms with Crippen LogP contribution in [0.4, 0.5) is 11.5 Å². The molecular formula is C27H32ClN5O4. The minimum atomic E-state index is -0.577. The van der Waals surface area contributed by atoms with Gasteiger partial charge in [-0.1, -0.05) is 25.4 Å². The zero-order valence-corrected chi connectivity index (χ0v) is 22.2. The second kappa shape index (κ2) is 11.3. The Labute approximate surface area is 220 Å². The zero-order valence-electron chi connectivity index (χ0n) is 21.4. The third kappa shape index (κ3) is 6.29. The fraction of sp³-hybridized carbons (Fsp3) is 0.407. The van der Waals surface area contributed by atoms with Crippen molar-refractivity contribution in [2.75, 3.05) is 24.7 Å². The highest BCUT2D eigenvalue weighted by atomic mass is 35.5. The van der Waals surface area contributed by atoms with Gasteiger partial charge < -0.3 is 25.3 Å². The summed E-state index contributed by atoms with van der Waals surface area (Å²) in [6, 6.07) is 8.85. The Hall–Kier alpha value is -3.43. The Kier molecular flexibility index (Phi) is 8.14. The van der Waals surface area contributed by atoms with Gasteiger partial charge in [-0.05, 0) is 56.0 Å². The number of furan rings is 1. The standard InChI is InChI=1S/C27H32ClN5O4/c1-15(2)30-19-9-5-16(6-10-19)25(34)32-23-20-13-17(27(36)33(3)4)7-11-21(20)37-24(23)26(35)31-22-12-8-18(28)14-29-22/h7-8,11-16,19,30H,5-6,9-10H2,1-4H3,(H,32,34)(H,29,31,35). The molecule has 0 atom stereocenters. The summed E-state index contributed by atoms with van der Waals surface area (Å²) < 4.78 is 5.89. The first-order valence-electron chi connectivity index (χ1n) is 12.4. The Morgan fingerprint density at radius 3 is 2.41 bits per heavy atom. The van der Waals surface area contributed by atoms with Crippen LogP contribution in [0.1, 0.15) is 60.4 Å². The highest BCUT2D eigenvalue weighted by Crippen LogP contribution is 2.34. The van der Waals surface area contributed by atoms with Gasteiger partial charge >= 0.3 is 0 Å². The number of rotatable bonds is 7. The lowest BCUT2D eigenvalue weighted by atomic mass is 9.85. The lowest BCUT2D eigenvalue weighted by molar-refractivity contribution is -0.120. The predicted molar refractivity (Wildman–Crippen MR) is 144 cm³/mol. The normalized spacial score (nSPS) is 17.6. The van der Waals surface area contributed by atoms with Crippen LogP contribution < -0.4 is 16.0 Å². The van der Waals surface area contributed by atoms with Crippen LogP contribution in [0, 0.1) is 5.92 Å². The summed E-state index contributed by atoms with van der Waals surface area (Å²) in [6.07, 6.45) is 4.71. The van der Waals surface area contributed by atoms with E-state index in [1.165, 1.54) is 11.1 Å². The molecule has 196 valence electrons. The average molecular weight is 526 g/mol. The Morgan fingerprint density at radius 2 is 1.78 bits per heavy atom. The number of amides is 3. The molecule has 1 aliphatic carbocycles. The number of aromatic nitrogens is 1. The molecule has 2 aromatic heterocycles. The van der Waals surface area contributed by atoms with Crippen molar-refractivity contribution in [3.05, 3.63) is 52.9 Å². The summed E-state index contributed by atoms with van der Waals surface area (Å²) in [4.78, 5) is 44.7. The van der Waals surface area contributed by atoms with Crippen molar-refractivity contribution in [3.8, 4) is 0 Å². The number of hydrogen-bond donors (Lipinski definition) is 3. The highest BCUT2D eigenvalue weighted by molar-refractivity contribution is 6.30. The molecule has 3 N–H and O–H groups in total. The number of hydrogen-bond acceptors (Lipinski definition) is 6. The van der Waals surface area contributed by atoms with E-state index in [2.05, 4.69) is 34.8 Å². The fourth-order valence-corrected chi connectivity index (χ4v) is 4.73. The molecule has 0 unspecified atom stereocenters.